The summed E-state index contributed by atoms with van der Waals surface area (Å²) in [4.78, 5) is 6.62. The molecule has 4 heteroatoms. The largest absolute Gasteiger partial charge is 0.384 e. The van der Waals surface area contributed by atoms with Gasteiger partial charge in [-0.1, -0.05) is 6.92 Å². The van der Waals surface area contributed by atoms with Crippen LogP contribution in [-0.4, -0.2) is 37.3 Å². The maximum Gasteiger partial charge on any atom is 0.0722 e. The third-order valence-corrected chi connectivity index (χ3v) is 2.91. The van der Waals surface area contributed by atoms with Gasteiger partial charge in [-0.25, -0.2) is 0 Å². The Hall–Kier alpha value is -1.29. The highest BCUT2D eigenvalue weighted by molar-refractivity contribution is 5.55. The average Bonchev–Trinajstić information content (AvgIpc) is 2.37. The number of ether oxygens (including phenoxy) is 1. The maximum atomic E-state index is 5.55. The second kappa shape index (κ2) is 5.87. The van der Waals surface area contributed by atoms with Crippen LogP contribution < -0.4 is 10.2 Å². The molecule has 2 heterocycles. The third kappa shape index (κ3) is 3.33. The van der Waals surface area contributed by atoms with Gasteiger partial charge in [0.15, 0.2) is 0 Å². The van der Waals surface area contributed by atoms with E-state index in [2.05, 4.69) is 35.1 Å². The van der Waals surface area contributed by atoms with Crippen LogP contribution in [0.1, 0.15) is 20.3 Å². The van der Waals surface area contributed by atoms with Crippen LogP contribution in [0.25, 0.3) is 0 Å². The van der Waals surface area contributed by atoms with Gasteiger partial charge in [0.05, 0.1) is 36.5 Å². The summed E-state index contributed by atoms with van der Waals surface area (Å²) < 4.78 is 5.55. The van der Waals surface area contributed by atoms with E-state index in [9.17, 15) is 0 Å². The number of aromatic nitrogens is 1. The number of morpholine rings is 1. The molecular formula is C13H21N3O. The Morgan fingerprint density at radius 3 is 3.18 bits per heavy atom. The van der Waals surface area contributed by atoms with E-state index < -0.39 is 0 Å². The van der Waals surface area contributed by atoms with Crippen molar-refractivity contribution in [2.24, 2.45) is 0 Å². The average molecular weight is 235 g/mol. The van der Waals surface area contributed by atoms with Crippen LogP contribution in [0.3, 0.4) is 0 Å². The number of hydrogen-bond donors (Lipinski definition) is 1. The molecule has 1 saturated heterocycles. The Labute approximate surface area is 103 Å². The molecule has 0 saturated carbocycles. The van der Waals surface area contributed by atoms with Crippen molar-refractivity contribution in [3.8, 4) is 0 Å². The van der Waals surface area contributed by atoms with E-state index in [0.717, 1.165) is 38.3 Å². The molecule has 1 atom stereocenters. The molecule has 0 radical (unpaired) electrons. The summed E-state index contributed by atoms with van der Waals surface area (Å²) in [7, 11) is 0. The van der Waals surface area contributed by atoms with Crippen molar-refractivity contribution in [1.82, 2.24) is 4.98 Å². The number of hydrogen-bond acceptors (Lipinski definition) is 4. The van der Waals surface area contributed by atoms with Gasteiger partial charge in [0.2, 0.25) is 0 Å². The summed E-state index contributed by atoms with van der Waals surface area (Å²) in [6, 6.07) is 2.17. The lowest BCUT2D eigenvalue weighted by Crippen LogP contribution is -2.41. The van der Waals surface area contributed by atoms with E-state index in [4.69, 9.17) is 4.74 Å². The zero-order valence-electron chi connectivity index (χ0n) is 10.6. The first kappa shape index (κ1) is 12.2. The molecule has 17 heavy (non-hydrogen) atoms. The van der Waals surface area contributed by atoms with Gasteiger partial charge in [-0.15, -0.1) is 0 Å². The normalized spacial score (nSPS) is 20.4. The van der Waals surface area contributed by atoms with Gasteiger partial charge < -0.3 is 15.0 Å². The molecule has 0 bridgehead atoms. The molecule has 1 aromatic rings. The lowest BCUT2D eigenvalue weighted by atomic mass is 10.2. The molecule has 1 fully saturated rings. The number of nitrogens with one attached hydrogen (secondary N) is 1. The Morgan fingerprint density at radius 2 is 2.41 bits per heavy atom. The van der Waals surface area contributed by atoms with Crippen LogP contribution in [0.4, 0.5) is 11.4 Å². The predicted molar refractivity (Wildman–Crippen MR) is 70.6 cm³/mol. The van der Waals surface area contributed by atoms with Crippen molar-refractivity contribution >= 4 is 11.4 Å². The summed E-state index contributed by atoms with van der Waals surface area (Å²) in [5.74, 6) is 0. The Bertz CT molecular complexity index is 356. The van der Waals surface area contributed by atoms with Crippen molar-refractivity contribution in [3.05, 3.63) is 18.5 Å². The first-order chi connectivity index (χ1) is 8.29. The number of anilines is 2. The van der Waals surface area contributed by atoms with Crippen molar-refractivity contribution < 1.29 is 4.74 Å². The second-order valence-electron chi connectivity index (χ2n) is 4.49. The minimum absolute atomic E-state index is 0.302. The third-order valence-electron chi connectivity index (χ3n) is 2.91. The van der Waals surface area contributed by atoms with Crippen LogP contribution in [0.15, 0.2) is 18.5 Å². The molecule has 1 aromatic heterocycles. The summed E-state index contributed by atoms with van der Waals surface area (Å²) in [5.41, 5.74) is 2.28. The molecule has 94 valence electrons. The lowest BCUT2D eigenvalue weighted by Gasteiger charge is -2.32. The standard InChI is InChI=1S/C13H21N3O/c1-3-4-15-12-7-13(9-14-8-12)16-5-6-17-11(2)10-16/h7-9,11,15H,3-6,10H2,1-2H3. The highest BCUT2D eigenvalue weighted by atomic mass is 16.5. The fourth-order valence-electron chi connectivity index (χ4n) is 2.02. The van der Waals surface area contributed by atoms with Crippen LogP contribution in [0.5, 0.6) is 0 Å². The summed E-state index contributed by atoms with van der Waals surface area (Å²) in [6.07, 6.45) is 5.23. The van der Waals surface area contributed by atoms with Crippen LogP contribution in [0, 0.1) is 0 Å². The van der Waals surface area contributed by atoms with Crippen molar-refractivity contribution in [3.63, 3.8) is 0 Å². The van der Waals surface area contributed by atoms with E-state index in [1.54, 1.807) is 0 Å². The zero-order chi connectivity index (χ0) is 12.1. The van der Waals surface area contributed by atoms with Gasteiger partial charge in [0, 0.05) is 19.6 Å². The fraction of sp³-hybridized carbons (Fsp3) is 0.615. The van der Waals surface area contributed by atoms with Gasteiger partial charge in [-0.2, -0.15) is 0 Å². The molecule has 0 spiro atoms. The van der Waals surface area contributed by atoms with Gasteiger partial charge >= 0.3 is 0 Å². The summed E-state index contributed by atoms with van der Waals surface area (Å²) in [6.45, 7) is 7.95. The molecule has 1 aliphatic heterocycles. The first-order valence-electron chi connectivity index (χ1n) is 6.35. The zero-order valence-corrected chi connectivity index (χ0v) is 10.6. The van der Waals surface area contributed by atoms with Crippen LogP contribution in [0.2, 0.25) is 0 Å². The number of pyridine rings is 1. The van der Waals surface area contributed by atoms with Crippen LogP contribution in [-0.2, 0) is 4.74 Å². The molecule has 4 nitrogen and oxygen atoms in total. The van der Waals surface area contributed by atoms with Gasteiger partial charge in [0.25, 0.3) is 0 Å². The molecular weight excluding hydrogens is 214 g/mol. The summed E-state index contributed by atoms with van der Waals surface area (Å²) in [5, 5.41) is 3.36. The van der Waals surface area contributed by atoms with E-state index in [0.29, 0.717) is 6.10 Å². The molecule has 0 aliphatic carbocycles. The molecule has 0 amide bonds. The minimum atomic E-state index is 0.302. The quantitative estimate of drug-likeness (QED) is 0.867. The van der Waals surface area contributed by atoms with Gasteiger partial charge in [-0.05, 0) is 19.4 Å². The van der Waals surface area contributed by atoms with Crippen molar-refractivity contribution in [1.29, 1.82) is 0 Å². The molecule has 2 rings (SSSR count). The Balaban J connectivity index is 2.04. The van der Waals surface area contributed by atoms with Gasteiger partial charge in [0.1, 0.15) is 0 Å². The van der Waals surface area contributed by atoms with E-state index in [-0.39, 0.29) is 0 Å². The van der Waals surface area contributed by atoms with E-state index in [1.165, 1.54) is 5.69 Å². The second-order valence-corrected chi connectivity index (χ2v) is 4.49. The highest BCUT2D eigenvalue weighted by Crippen LogP contribution is 2.20. The summed E-state index contributed by atoms with van der Waals surface area (Å²) >= 11 is 0. The maximum absolute atomic E-state index is 5.55. The van der Waals surface area contributed by atoms with E-state index >= 15 is 0 Å². The SMILES string of the molecule is CCCNc1cncc(N2CCOC(C)C2)c1. The first-order valence-corrected chi connectivity index (χ1v) is 6.35. The molecule has 1 N–H and O–H groups in total. The monoisotopic (exact) mass is 235 g/mol. The Kier molecular flexibility index (Phi) is 4.20. The van der Waals surface area contributed by atoms with Crippen molar-refractivity contribution in [2.45, 2.75) is 26.4 Å². The minimum Gasteiger partial charge on any atom is -0.384 e. The smallest absolute Gasteiger partial charge is 0.0722 e. The topological polar surface area (TPSA) is 37.4 Å². The Morgan fingerprint density at radius 1 is 1.53 bits per heavy atom. The number of nitrogens with zero attached hydrogens (tertiary/aromatic N) is 2. The molecule has 0 aromatic carbocycles. The molecule has 1 aliphatic rings. The fourth-order valence-corrected chi connectivity index (χ4v) is 2.02. The van der Waals surface area contributed by atoms with E-state index in [1.807, 2.05) is 12.4 Å². The van der Waals surface area contributed by atoms with Crippen molar-refractivity contribution in [2.75, 3.05) is 36.5 Å². The van der Waals surface area contributed by atoms with Crippen LogP contribution >= 0.6 is 0 Å². The van der Waals surface area contributed by atoms with Gasteiger partial charge in [-0.3, -0.25) is 4.98 Å². The predicted octanol–water partition coefficient (Wildman–Crippen LogP) is 2.13. The lowest BCUT2D eigenvalue weighted by molar-refractivity contribution is 0.0532. The number of rotatable bonds is 4. The molecule has 1 unspecified atom stereocenters. The highest BCUT2D eigenvalue weighted by Gasteiger charge is 2.17.